The largest absolute Gasteiger partial charge is 0.374 e. The monoisotopic (exact) mass is 408 g/mol. The maximum absolute atomic E-state index is 13.2. The van der Waals surface area contributed by atoms with Gasteiger partial charge in [-0.05, 0) is 29.8 Å². The normalized spacial score (nSPS) is 19.4. The van der Waals surface area contributed by atoms with Crippen molar-refractivity contribution in [2.45, 2.75) is 6.54 Å². The van der Waals surface area contributed by atoms with Crippen LogP contribution in [0.4, 0.5) is 14.9 Å². The molecule has 4 amide bonds. The van der Waals surface area contributed by atoms with Gasteiger partial charge in [-0.25, -0.2) is 14.1 Å². The fraction of sp³-hybridized carbons (Fsp3) is 0.227. The van der Waals surface area contributed by atoms with E-state index in [1.807, 2.05) is 23.1 Å². The van der Waals surface area contributed by atoms with Crippen molar-refractivity contribution in [3.63, 3.8) is 0 Å². The maximum atomic E-state index is 13.2. The van der Waals surface area contributed by atoms with Gasteiger partial charge in [0.15, 0.2) is 0 Å². The van der Waals surface area contributed by atoms with Crippen LogP contribution in [0.3, 0.4) is 0 Å². The molecule has 2 aromatic rings. The molecule has 0 aliphatic carbocycles. The van der Waals surface area contributed by atoms with Gasteiger partial charge in [0, 0.05) is 38.9 Å². The minimum absolute atomic E-state index is 0.115. The molecule has 0 bridgehead atoms. The van der Waals surface area contributed by atoms with E-state index in [2.05, 4.69) is 22.3 Å². The van der Waals surface area contributed by atoms with Crippen LogP contribution in [0.25, 0.3) is 0 Å². The van der Waals surface area contributed by atoms with Crippen LogP contribution in [0.5, 0.6) is 0 Å². The van der Waals surface area contributed by atoms with E-state index < -0.39 is 23.7 Å². The Morgan fingerprint density at radius 3 is 2.23 bits per heavy atom. The van der Waals surface area contributed by atoms with E-state index in [0.717, 1.165) is 36.7 Å². The quantitative estimate of drug-likeness (QED) is 0.620. The molecule has 2 fully saturated rings. The van der Waals surface area contributed by atoms with Crippen LogP contribution in [-0.2, 0) is 16.1 Å². The van der Waals surface area contributed by atoms with Crippen molar-refractivity contribution in [2.24, 2.45) is 0 Å². The van der Waals surface area contributed by atoms with Crippen molar-refractivity contribution in [3.8, 4) is 0 Å². The minimum Gasteiger partial charge on any atom is -0.374 e. The molecule has 1 N–H and O–H groups in total. The molecule has 2 aromatic carbocycles. The zero-order valence-corrected chi connectivity index (χ0v) is 16.3. The Labute approximate surface area is 173 Å². The lowest BCUT2D eigenvalue weighted by Crippen LogP contribution is -2.55. The molecule has 0 atom stereocenters. The van der Waals surface area contributed by atoms with Gasteiger partial charge < -0.3 is 4.90 Å². The molecule has 0 aromatic heterocycles. The number of nitrogens with one attached hydrogen (secondary N) is 1. The number of urea groups is 1. The van der Waals surface area contributed by atoms with E-state index in [0.29, 0.717) is 13.1 Å². The average Bonchev–Trinajstić information content (AvgIpc) is 2.74. The van der Waals surface area contributed by atoms with Crippen molar-refractivity contribution in [1.29, 1.82) is 0 Å². The third kappa shape index (κ3) is 4.23. The number of hydrogen-bond acceptors (Lipinski definition) is 5. The van der Waals surface area contributed by atoms with Crippen molar-refractivity contribution >= 4 is 23.5 Å². The number of halogens is 1. The minimum atomic E-state index is -0.846. The van der Waals surface area contributed by atoms with Gasteiger partial charge in [-0.1, -0.05) is 30.3 Å². The summed E-state index contributed by atoms with van der Waals surface area (Å²) >= 11 is 0. The lowest BCUT2D eigenvalue weighted by atomic mass is 10.1. The summed E-state index contributed by atoms with van der Waals surface area (Å²) in [6, 6.07) is 14.3. The van der Waals surface area contributed by atoms with Crippen molar-refractivity contribution in [2.75, 3.05) is 31.1 Å². The fourth-order valence-electron chi connectivity index (χ4n) is 3.54. The smallest absolute Gasteiger partial charge is 0.335 e. The lowest BCUT2D eigenvalue weighted by molar-refractivity contribution is -0.122. The number of nitrogens with zero attached hydrogens (tertiary/aromatic N) is 3. The van der Waals surface area contributed by atoms with Crippen LogP contribution in [0, 0.1) is 5.82 Å². The summed E-state index contributed by atoms with van der Waals surface area (Å²) in [7, 11) is 0. The summed E-state index contributed by atoms with van der Waals surface area (Å²) in [5, 5.41) is 2.18. The number of amides is 4. The van der Waals surface area contributed by atoms with E-state index in [1.54, 1.807) is 0 Å². The lowest BCUT2D eigenvalue weighted by Gasteiger charge is -2.35. The SMILES string of the molecule is O=C1NC(=O)N(c2ccc(F)cc2)C(=O)C1=CN1CCN(Cc2ccccc2)CC1. The number of rotatable bonds is 4. The Hall–Kier alpha value is -3.52. The van der Waals surface area contributed by atoms with E-state index in [-0.39, 0.29) is 11.3 Å². The van der Waals surface area contributed by atoms with Gasteiger partial charge in [-0.15, -0.1) is 0 Å². The van der Waals surface area contributed by atoms with E-state index in [9.17, 15) is 18.8 Å². The first-order valence-electron chi connectivity index (χ1n) is 9.69. The zero-order chi connectivity index (χ0) is 21.1. The summed E-state index contributed by atoms with van der Waals surface area (Å²) in [5.41, 5.74) is 1.32. The molecule has 154 valence electrons. The molecule has 0 radical (unpaired) electrons. The molecule has 2 heterocycles. The highest BCUT2D eigenvalue weighted by Gasteiger charge is 2.37. The second-order valence-electron chi connectivity index (χ2n) is 7.22. The Kier molecular flexibility index (Phi) is 5.58. The van der Waals surface area contributed by atoms with E-state index >= 15 is 0 Å². The number of piperazine rings is 1. The third-order valence-electron chi connectivity index (χ3n) is 5.15. The number of barbiturate groups is 1. The fourth-order valence-corrected chi connectivity index (χ4v) is 3.54. The molecule has 0 spiro atoms. The predicted octanol–water partition coefficient (Wildman–Crippen LogP) is 2.11. The molecule has 2 saturated heterocycles. The van der Waals surface area contributed by atoms with E-state index in [4.69, 9.17) is 0 Å². The molecule has 30 heavy (non-hydrogen) atoms. The molecule has 8 heteroatoms. The van der Waals surface area contributed by atoms with Crippen molar-refractivity contribution in [3.05, 3.63) is 77.8 Å². The Morgan fingerprint density at radius 1 is 0.900 bits per heavy atom. The summed E-state index contributed by atoms with van der Waals surface area (Å²) in [5.74, 6) is -1.93. The van der Waals surface area contributed by atoms with Gasteiger partial charge >= 0.3 is 6.03 Å². The predicted molar refractivity (Wildman–Crippen MR) is 109 cm³/mol. The molecule has 2 aliphatic rings. The molecule has 0 unspecified atom stereocenters. The molecular weight excluding hydrogens is 387 g/mol. The zero-order valence-electron chi connectivity index (χ0n) is 16.3. The highest BCUT2D eigenvalue weighted by molar-refractivity contribution is 6.37. The highest BCUT2D eigenvalue weighted by atomic mass is 19.1. The van der Waals surface area contributed by atoms with Crippen LogP contribution < -0.4 is 10.2 Å². The number of benzene rings is 2. The van der Waals surface area contributed by atoms with Gasteiger partial charge in [0.1, 0.15) is 11.4 Å². The number of imide groups is 2. The number of hydrogen-bond donors (Lipinski definition) is 1. The first-order chi connectivity index (χ1) is 14.5. The molecule has 7 nitrogen and oxygen atoms in total. The van der Waals surface area contributed by atoms with Gasteiger partial charge in [0.2, 0.25) is 0 Å². The summed E-state index contributed by atoms with van der Waals surface area (Å²) in [6.07, 6.45) is 1.51. The van der Waals surface area contributed by atoms with Crippen LogP contribution in [0.2, 0.25) is 0 Å². The highest BCUT2D eigenvalue weighted by Crippen LogP contribution is 2.21. The Bertz CT molecular complexity index is 983. The third-order valence-corrected chi connectivity index (χ3v) is 5.15. The van der Waals surface area contributed by atoms with E-state index in [1.165, 1.54) is 23.9 Å². The van der Waals surface area contributed by atoms with Crippen molar-refractivity contribution in [1.82, 2.24) is 15.1 Å². The first-order valence-corrected chi connectivity index (χ1v) is 9.69. The Balaban J connectivity index is 1.45. The van der Waals surface area contributed by atoms with Gasteiger partial charge in [0.05, 0.1) is 5.69 Å². The summed E-state index contributed by atoms with van der Waals surface area (Å²) in [6.45, 7) is 3.73. The Morgan fingerprint density at radius 2 is 1.57 bits per heavy atom. The van der Waals surface area contributed by atoms with Gasteiger partial charge in [-0.3, -0.25) is 19.8 Å². The van der Waals surface area contributed by atoms with Crippen molar-refractivity contribution < 1.29 is 18.8 Å². The molecule has 2 aliphatic heterocycles. The van der Waals surface area contributed by atoms with Gasteiger partial charge in [0.25, 0.3) is 11.8 Å². The van der Waals surface area contributed by atoms with Gasteiger partial charge in [-0.2, -0.15) is 0 Å². The average molecular weight is 408 g/mol. The van der Waals surface area contributed by atoms with Crippen LogP contribution in [0.15, 0.2) is 66.4 Å². The number of carbonyl (C=O) groups is 3. The number of carbonyl (C=O) groups excluding carboxylic acids is 3. The van der Waals surface area contributed by atoms with Crippen LogP contribution in [0.1, 0.15) is 5.56 Å². The first kappa shape index (κ1) is 19.8. The molecule has 4 rings (SSSR count). The standard InChI is InChI=1S/C22H21FN4O3/c23-17-6-8-18(9-7-17)27-21(29)19(20(28)24-22(27)30)15-26-12-10-25(11-13-26)14-16-4-2-1-3-5-16/h1-9,15H,10-14H2,(H,24,28,30). The van der Waals surface area contributed by atoms with Crippen LogP contribution in [-0.4, -0.2) is 53.8 Å². The maximum Gasteiger partial charge on any atom is 0.335 e. The molecule has 0 saturated carbocycles. The second-order valence-corrected chi connectivity index (χ2v) is 7.22. The topological polar surface area (TPSA) is 73.0 Å². The summed E-state index contributed by atoms with van der Waals surface area (Å²) < 4.78 is 13.2. The molecular formula is C22H21FN4O3. The summed E-state index contributed by atoms with van der Waals surface area (Å²) in [4.78, 5) is 42.4. The number of anilines is 1. The van der Waals surface area contributed by atoms with Crippen LogP contribution >= 0.6 is 0 Å². The second kappa shape index (κ2) is 8.46.